The number of halogens is 2. The Morgan fingerprint density at radius 2 is 1.88 bits per heavy atom. The normalized spacial score (nSPS) is 11.0. The van der Waals surface area contributed by atoms with E-state index < -0.39 is 23.6 Å². The monoisotopic (exact) mass is 334 g/mol. The molecular formula is C15H12F2N4O3. The number of carboxylic acid groups (broad SMARTS) is 1. The van der Waals surface area contributed by atoms with Gasteiger partial charge < -0.3 is 10.4 Å². The standard InChI is InChI=1S/C15H12F2N4O3/c1-8(13-12(14(22)23)3-2-4-18-13)20-21-15(24)19-11-6-9(16)5-10(17)7-11/h2-7H,1H3,(H,22,23)(H2,19,21,24). The Morgan fingerprint density at radius 3 is 2.50 bits per heavy atom. The van der Waals surface area contributed by atoms with Gasteiger partial charge in [-0.15, -0.1) is 0 Å². The van der Waals surface area contributed by atoms with Gasteiger partial charge in [0.05, 0.1) is 11.3 Å². The summed E-state index contributed by atoms with van der Waals surface area (Å²) in [4.78, 5) is 26.7. The van der Waals surface area contributed by atoms with Crippen LogP contribution in [0, 0.1) is 11.6 Å². The maximum atomic E-state index is 13.0. The first-order valence-corrected chi connectivity index (χ1v) is 6.63. The predicted octanol–water partition coefficient (Wildman–Crippen LogP) is 2.60. The van der Waals surface area contributed by atoms with Crippen molar-refractivity contribution in [2.75, 3.05) is 5.32 Å². The number of nitrogens with zero attached hydrogens (tertiary/aromatic N) is 2. The molecule has 0 atom stereocenters. The van der Waals surface area contributed by atoms with Crippen molar-refractivity contribution in [3.05, 3.63) is 59.4 Å². The molecule has 3 N–H and O–H groups in total. The third-order valence-electron chi connectivity index (χ3n) is 2.83. The average Bonchev–Trinajstić information content (AvgIpc) is 2.51. The molecule has 2 rings (SSSR count). The van der Waals surface area contributed by atoms with Gasteiger partial charge in [0.15, 0.2) is 0 Å². The molecule has 1 aromatic carbocycles. The summed E-state index contributed by atoms with van der Waals surface area (Å²) in [5.74, 6) is -2.87. The number of rotatable bonds is 4. The molecule has 0 saturated carbocycles. The number of carboxylic acids is 1. The summed E-state index contributed by atoms with van der Waals surface area (Å²) in [7, 11) is 0. The van der Waals surface area contributed by atoms with Crippen molar-refractivity contribution in [3.63, 3.8) is 0 Å². The first-order valence-electron chi connectivity index (χ1n) is 6.63. The highest BCUT2D eigenvalue weighted by atomic mass is 19.1. The van der Waals surface area contributed by atoms with Crippen LogP contribution >= 0.6 is 0 Å². The highest BCUT2D eigenvalue weighted by Gasteiger charge is 2.13. The number of carbonyl (C=O) groups excluding carboxylic acids is 1. The quantitative estimate of drug-likeness (QED) is 0.590. The molecule has 1 aromatic heterocycles. The lowest BCUT2D eigenvalue weighted by Gasteiger charge is -2.07. The molecule has 124 valence electrons. The van der Waals surface area contributed by atoms with Crippen molar-refractivity contribution in [2.24, 2.45) is 5.10 Å². The van der Waals surface area contributed by atoms with Crippen LogP contribution in [-0.4, -0.2) is 27.8 Å². The lowest BCUT2D eigenvalue weighted by atomic mass is 10.1. The minimum Gasteiger partial charge on any atom is -0.478 e. The van der Waals surface area contributed by atoms with Crippen LogP contribution < -0.4 is 10.7 Å². The van der Waals surface area contributed by atoms with E-state index in [1.807, 2.05) is 0 Å². The number of benzene rings is 1. The Bertz CT molecular complexity index is 804. The Kier molecular flexibility index (Phi) is 5.15. The fraction of sp³-hybridized carbons (Fsp3) is 0.0667. The van der Waals surface area contributed by atoms with Crippen molar-refractivity contribution in [2.45, 2.75) is 6.92 Å². The van der Waals surface area contributed by atoms with Crippen molar-refractivity contribution >= 4 is 23.4 Å². The number of aromatic nitrogens is 1. The zero-order valence-electron chi connectivity index (χ0n) is 12.4. The van der Waals surface area contributed by atoms with Crippen LogP contribution in [0.2, 0.25) is 0 Å². The highest BCUT2D eigenvalue weighted by molar-refractivity contribution is 6.06. The van der Waals surface area contributed by atoms with Gasteiger partial charge in [0.1, 0.15) is 17.3 Å². The van der Waals surface area contributed by atoms with Crippen molar-refractivity contribution in [3.8, 4) is 0 Å². The minimum atomic E-state index is -1.19. The van der Waals surface area contributed by atoms with E-state index in [1.54, 1.807) is 0 Å². The SMILES string of the molecule is CC(=NNC(=O)Nc1cc(F)cc(F)c1)c1ncccc1C(=O)O. The van der Waals surface area contributed by atoms with Gasteiger partial charge in [-0.05, 0) is 31.2 Å². The number of aromatic carboxylic acids is 1. The summed E-state index contributed by atoms with van der Waals surface area (Å²) < 4.78 is 26.1. The second-order valence-corrected chi connectivity index (χ2v) is 4.63. The summed E-state index contributed by atoms with van der Waals surface area (Å²) in [5, 5.41) is 15.0. The Morgan fingerprint density at radius 1 is 1.21 bits per heavy atom. The topological polar surface area (TPSA) is 104 Å². The molecular weight excluding hydrogens is 322 g/mol. The molecule has 0 aliphatic rings. The van der Waals surface area contributed by atoms with Crippen LogP contribution in [0.5, 0.6) is 0 Å². The van der Waals surface area contributed by atoms with E-state index in [-0.39, 0.29) is 22.7 Å². The lowest BCUT2D eigenvalue weighted by Crippen LogP contribution is -2.26. The van der Waals surface area contributed by atoms with Crippen molar-refractivity contribution in [1.82, 2.24) is 10.4 Å². The number of hydrogen-bond acceptors (Lipinski definition) is 4. The number of amides is 2. The van der Waals surface area contributed by atoms with Crippen LogP contribution in [0.4, 0.5) is 19.3 Å². The third kappa shape index (κ3) is 4.32. The van der Waals surface area contributed by atoms with E-state index in [9.17, 15) is 18.4 Å². The number of pyridine rings is 1. The number of nitrogens with one attached hydrogen (secondary N) is 2. The van der Waals surface area contributed by atoms with E-state index in [4.69, 9.17) is 5.11 Å². The molecule has 0 fully saturated rings. The lowest BCUT2D eigenvalue weighted by molar-refractivity contribution is 0.0696. The predicted molar refractivity (Wildman–Crippen MR) is 81.9 cm³/mol. The highest BCUT2D eigenvalue weighted by Crippen LogP contribution is 2.12. The number of carbonyl (C=O) groups is 2. The first kappa shape index (κ1) is 17.0. The van der Waals surface area contributed by atoms with Crippen molar-refractivity contribution in [1.29, 1.82) is 0 Å². The maximum absolute atomic E-state index is 13.0. The second-order valence-electron chi connectivity index (χ2n) is 4.63. The minimum absolute atomic E-state index is 0.0758. The number of hydrazone groups is 1. The first-order chi connectivity index (χ1) is 11.4. The summed E-state index contributed by atoms with van der Waals surface area (Å²) in [6.45, 7) is 1.46. The Labute approximate surface area is 135 Å². The van der Waals surface area contributed by atoms with Crippen LogP contribution in [0.25, 0.3) is 0 Å². The Hall–Kier alpha value is -3.36. The smallest absolute Gasteiger partial charge is 0.339 e. The van der Waals surface area contributed by atoms with E-state index >= 15 is 0 Å². The van der Waals surface area contributed by atoms with Gasteiger partial charge in [0.2, 0.25) is 0 Å². The van der Waals surface area contributed by atoms with Crippen molar-refractivity contribution < 1.29 is 23.5 Å². The molecule has 0 aliphatic carbocycles. The van der Waals surface area contributed by atoms with Crippen LogP contribution in [0.15, 0.2) is 41.6 Å². The molecule has 2 amide bonds. The van der Waals surface area contributed by atoms with E-state index in [1.165, 1.54) is 25.3 Å². The summed E-state index contributed by atoms with van der Waals surface area (Å²) in [6, 6.07) is 4.48. The van der Waals surface area contributed by atoms with Gasteiger partial charge in [0, 0.05) is 18.0 Å². The van der Waals surface area contributed by atoms with Crippen LogP contribution in [0.3, 0.4) is 0 Å². The van der Waals surface area contributed by atoms with E-state index in [0.29, 0.717) is 6.07 Å². The van der Waals surface area contributed by atoms with E-state index in [2.05, 4.69) is 20.8 Å². The van der Waals surface area contributed by atoms with Crippen LogP contribution in [0.1, 0.15) is 23.0 Å². The number of hydrogen-bond donors (Lipinski definition) is 3. The Balaban J connectivity index is 2.10. The number of urea groups is 1. The molecule has 0 bridgehead atoms. The largest absolute Gasteiger partial charge is 0.478 e. The summed E-state index contributed by atoms with van der Waals surface area (Å²) >= 11 is 0. The summed E-state index contributed by atoms with van der Waals surface area (Å²) in [6.07, 6.45) is 1.39. The zero-order valence-corrected chi connectivity index (χ0v) is 12.4. The van der Waals surface area contributed by atoms with Gasteiger partial charge in [-0.3, -0.25) is 4.98 Å². The maximum Gasteiger partial charge on any atom is 0.339 e. The fourth-order valence-electron chi connectivity index (χ4n) is 1.84. The average molecular weight is 334 g/mol. The molecule has 24 heavy (non-hydrogen) atoms. The molecule has 9 heteroatoms. The molecule has 0 saturated heterocycles. The zero-order chi connectivity index (χ0) is 17.7. The van der Waals surface area contributed by atoms with Gasteiger partial charge in [0.25, 0.3) is 0 Å². The molecule has 0 radical (unpaired) electrons. The third-order valence-corrected chi connectivity index (χ3v) is 2.83. The fourth-order valence-corrected chi connectivity index (χ4v) is 1.84. The molecule has 1 heterocycles. The van der Waals surface area contributed by atoms with Gasteiger partial charge >= 0.3 is 12.0 Å². The molecule has 0 aliphatic heterocycles. The van der Waals surface area contributed by atoms with Crippen LogP contribution in [-0.2, 0) is 0 Å². The van der Waals surface area contributed by atoms with E-state index in [0.717, 1.165) is 12.1 Å². The molecule has 0 unspecified atom stereocenters. The number of anilines is 1. The second kappa shape index (κ2) is 7.27. The molecule has 2 aromatic rings. The molecule has 7 nitrogen and oxygen atoms in total. The van der Waals surface area contributed by atoms with Gasteiger partial charge in [-0.2, -0.15) is 5.10 Å². The van der Waals surface area contributed by atoms with Gasteiger partial charge in [-0.1, -0.05) is 0 Å². The molecule has 0 spiro atoms. The van der Waals surface area contributed by atoms with Gasteiger partial charge in [-0.25, -0.2) is 23.8 Å². The summed E-state index contributed by atoms with van der Waals surface area (Å²) in [5.41, 5.74) is 2.16.